The van der Waals surface area contributed by atoms with Gasteiger partial charge in [-0.2, -0.15) is 4.99 Å². The molecule has 1 unspecified atom stereocenters. The molecule has 0 bridgehead atoms. The van der Waals surface area contributed by atoms with Gasteiger partial charge in [-0.1, -0.05) is 58.0 Å². The Morgan fingerprint density at radius 3 is 2.36 bits per heavy atom. The van der Waals surface area contributed by atoms with Crippen molar-refractivity contribution in [2.45, 2.75) is 53.2 Å². The molecular weight excluding hydrogens is 588 g/mol. The van der Waals surface area contributed by atoms with Crippen molar-refractivity contribution in [1.29, 1.82) is 0 Å². The number of carbonyl (C=O) groups excluding carboxylic acids is 5. The number of cyclic esters (lactones) is 2. The van der Waals surface area contributed by atoms with Crippen molar-refractivity contribution >= 4 is 36.0 Å². The van der Waals surface area contributed by atoms with E-state index in [2.05, 4.69) is 9.98 Å². The SMILES string of the molecule is COc1ccnc(C(=O)[NH+]=CC2COC(=O)[C@H](Cc3ccccc3)[C@@H](OC(=O)C(C)C)[C@H](C)OC2=O)c1OCOC(=O)C(C)C. The molecule has 1 fully saturated rings. The Bertz CT molecular complexity index is 1390. The maximum absolute atomic E-state index is 13.4. The van der Waals surface area contributed by atoms with Crippen molar-refractivity contribution in [3.05, 3.63) is 53.9 Å². The second-order valence-electron chi connectivity index (χ2n) is 10.9. The molecule has 3 rings (SSSR count). The predicted molar refractivity (Wildman–Crippen MR) is 157 cm³/mol. The van der Waals surface area contributed by atoms with Gasteiger partial charge in [-0.25, -0.2) is 9.78 Å². The Kier molecular flexibility index (Phi) is 12.6. The largest absolute Gasteiger partial charge is 0.493 e. The number of hydrogen-bond acceptors (Lipinski definition) is 12. The summed E-state index contributed by atoms with van der Waals surface area (Å²) in [6.07, 6.45) is 0.430. The normalized spacial score (nSPS) is 20.4. The van der Waals surface area contributed by atoms with Crippen LogP contribution in [-0.4, -0.2) is 73.7 Å². The van der Waals surface area contributed by atoms with Gasteiger partial charge in [0.1, 0.15) is 18.6 Å². The van der Waals surface area contributed by atoms with Crippen molar-refractivity contribution in [2.75, 3.05) is 20.5 Å². The molecule has 2 aromatic rings. The summed E-state index contributed by atoms with van der Waals surface area (Å²) < 4.78 is 32.7. The Balaban J connectivity index is 1.84. The van der Waals surface area contributed by atoms with Crippen molar-refractivity contribution < 1.29 is 57.4 Å². The van der Waals surface area contributed by atoms with Crippen LogP contribution in [0.3, 0.4) is 0 Å². The first-order valence-electron chi connectivity index (χ1n) is 14.5. The number of nitrogens with one attached hydrogen (secondary N) is 1. The van der Waals surface area contributed by atoms with Gasteiger partial charge in [0.15, 0.2) is 24.0 Å². The summed E-state index contributed by atoms with van der Waals surface area (Å²) in [6, 6.07) is 10.6. The van der Waals surface area contributed by atoms with Gasteiger partial charge in [0.05, 0.1) is 18.9 Å². The molecule has 1 amide bonds. The van der Waals surface area contributed by atoms with E-state index in [4.69, 9.17) is 28.4 Å². The quantitative estimate of drug-likeness (QED) is 0.165. The molecule has 0 spiro atoms. The van der Waals surface area contributed by atoms with Gasteiger partial charge in [-0.05, 0) is 18.9 Å². The zero-order valence-electron chi connectivity index (χ0n) is 26.1. The van der Waals surface area contributed by atoms with Crippen LogP contribution < -0.4 is 14.5 Å². The number of nitrogens with zero attached hydrogens (tertiary/aromatic N) is 1. The molecular formula is C32H39N2O11+. The summed E-state index contributed by atoms with van der Waals surface area (Å²) in [4.78, 5) is 70.7. The molecule has 0 aliphatic carbocycles. The van der Waals surface area contributed by atoms with E-state index in [1.165, 1.54) is 26.3 Å². The Hall–Kier alpha value is -4.81. The van der Waals surface area contributed by atoms with Crippen LogP contribution in [0.25, 0.3) is 0 Å². The van der Waals surface area contributed by atoms with Crippen LogP contribution in [0.1, 0.15) is 50.7 Å². The summed E-state index contributed by atoms with van der Waals surface area (Å²) in [6.45, 7) is 7.18. The zero-order valence-corrected chi connectivity index (χ0v) is 26.1. The fourth-order valence-corrected chi connectivity index (χ4v) is 4.23. The lowest BCUT2D eigenvalue weighted by molar-refractivity contribution is -0.342. The summed E-state index contributed by atoms with van der Waals surface area (Å²) in [5.41, 5.74) is 0.567. The van der Waals surface area contributed by atoms with Gasteiger partial charge in [-0.3, -0.25) is 19.2 Å². The van der Waals surface area contributed by atoms with Crippen LogP contribution >= 0.6 is 0 Å². The second kappa shape index (κ2) is 16.3. The Labute approximate surface area is 261 Å². The van der Waals surface area contributed by atoms with Crippen LogP contribution in [0.15, 0.2) is 42.6 Å². The van der Waals surface area contributed by atoms with Crippen molar-refractivity contribution in [3.8, 4) is 11.5 Å². The number of hydrogen-bond donors (Lipinski definition) is 1. The van der Waals surface area contributed by atoms with Crippen molar-refractivity contribution in [1.82, 2.24) is 4.98 Å². The smallest absolute Gasteiger partial charge is 0.440 e. The van der Waals surface area contributed by atoms with Crippen molar-refractivity contribution in [2.24, 2.45) is 23.7 Å². The zero-order chi connectivity index (χ0) is 33.1. The summed E-state index contributed by atoms with van der Waals surface area (Å²) >= 11 is 0. The van der Waals surface area contributed by atoms with E-state index in [0.29, 0.717) is 0 Å². The number of carbonyl (C=O) groups is 5. The first-order chi connectivity index (χ1) is 21.4. The molecule has 0 radical (unpaired) electrons. The molecule has 1 aliphatic rings. The van der Waals surface area contributed by atoms with Crippen LogP contribution in [0.5, 0.6) is 11.5 Å². The van der Waals surface area contributed by atoms with Gasteiger partial charge < -0.3 is 28.4 Å². The number of esters is 4. The third-order valence-corrected chi connectivity index (χ3v) is 6.79. The van der Waals surface area contributed by atoms with Gasteiger partial charge in [0.2, 0.25) is 18.2 Å². The lowest BCUT2D eigenvalue weighted by Gasteiger charge is -2.29. The van der Waals surface area contributed by atoms with E-state index in [0.717, 1.165) is 11.8 Å². The second-order valence-corrected chi connectivity index (χ2v) is 10.9. The van der Waals surface area contributed by atoms with E-state index in [1.54, 1.807) is 27.7 Å². The van der Waals surface area contributed by atoms with E-state index in [9.17, 15) is 24.0 Å². The molecule has 1 aliphatic heterocycles. The van der Waals surface area contributed by atoms with Gasteiger partial charge in [0.25, 0.3) is 0 Å². The van der Waals surface area contributed by atoms with Crippen LogP contribution in [0.2, 0.25) is 0 Å². The molecule has 45 heavy (non-hydrogen) atoms. The maximum atomic E-state index is 13.4. The van der Waals surface area contributed by atoms with Crippen LogP contribution in [0.4, 0.5) is 0 Å². The number of aromatic nitrogens is 1. The Morgan fingerprint density at radius 1 is 1.02 bits per heavy atom. The third-order valence-electron chi connectivity index (χ3n) is 6.79. The molecule has 13 heteroatoms. The van der Waals surface area contributed by atoms with E-state index in [1.807, 2.05) is 30.3 Å². The number of rotatable bonds is 11. The highest BCUT2D eigenvalue weighted by atomic mass is 16.7. The first-order valence-corrected chi connectivity index (χ1v) is 14.5. The van der Waals surface area contributed by atoms with Crippen LogP contribution in [-0.2, 0) is 44.5 Å². The van der Waals surface area contributed by atoms with E-state index < -0.39 is 79.1 Å². The van der Waals surface area contributed by atoms with Crippen molar-refractivity contribution in [3.63, 3.8) is 0 Å². The van der Waals surface area contributed by atoms with E-state index >= 15 is 0 Å². The molecule has 1 N–H and O–H groups in total. The fraction of sp³-hybridized carbons (Fsp3) is 0.469. The summed E-state index contributed by atoms with van der Waals surface area (Å²) in [5, 5.41) is 0. The molecule has 4 atom stereocenters. The number of amides is 1. The first kappa shape index (κ1) is 34.7. The molecule has 1 saturated heterocycles. The minimum Gasteiger partial charge on any atom is -0.493 e. The fourth-order valence-electron chi connectivity index (χ4n) is 4.23. The number of methoxy groups -OCH3 is 1. The average Bonchev–Trinajstić information content (AvgIpc) is 3.05. The van der Waals surface area contributed by atoms with Gasteiger partial charge in [-0.15, -0.1) is 0 Å². The average molecular weight is 628 g/mol. The number of pyridine rings is 1. The lowest BCUT2D eigenvalue weighted by atomic mass is 9.91. The van der Waals surface area contributed by atoms with E-state index in [-0.39, 0.29) is 23.6 Å². The molecule has 242 valence electrons. The molecule has 13 nitrogen and oxygen atoms in total. The highest BCUT2D eigenvalue weighted by molar-refractivity contribution is 5.94. The van der Waals surface area contributed by atoms with Gasteiger partial charge in [0, 0.05) is 12.3 Å². The predicted octanol–water partition coefficient (Wildman–Crippen LogP) is 1.45. The standard InChI is InChI=1S/C32H38N2O11/c1-18(2)29(36)43-17-42-27-24(40-6)12-13-33-25(27)28(35)34-15-22-16-41-32(39)23(14-21-10-8-7-9-11-21)26(20(5)44-31(22)38)45-30(37)19(3)4/h7-13,15,18-20,22-23,26H,14,16-17H2,1-6H3/p+1/t20-,22?,23+,26-/m0/s1. The Morgan fingerprint density at radius 2 is 1.71 bits per heavy atom. The molecule has 1 aromatic heterocycles. The number of ether oxygens (including phenoxy) is 6. The van der Waals surface area contributed by atoms with Gasteiger partial charge >= 0.3 is 29.8 Å². The minimum atomic E-state index is -1.22. The van der Waals surface area contributed by atoms with Crippen LogP contribution in [0, 0.1) is 23.7 Å². The number of benzene rings is 1. The minimum absolute atomic E-state index is 0.0990. The maximum Gasteiger partial charge on any atom is 0.440 e. The monoisotopic (exact) mass is 627 g/mol. The lowest BCUT2D eigenvalue weighted by Crippen LogP contribution is -2.75. The summed E-state index contributed by atoms with van der Waals surface area (Å²) in [7, 11) is 1.36. The molecule has 1 aromatic carbocycles. The highest BCUT2D eigenvalue weighted by Crippen LogP contribution is 2.29. The highest BCUT2D eigenvalue weighted by Gasteiger charge is 2.42. The molecule has 0 saturated carbocycles. The topological polar surface area (TPSA) is 168 Å². The third kappa shape index (κ3) is 9.59. The molecule has 2 heterocycles. The summed E-state index contributed by atoms with van der Waals surface area (Å²) in [5.74, 6) is -6.42.